The number of amides is 1. The fourth-order valence-electron chi connectivity index (χ4n) is 5.88. The van der Waals surface area contributed by atoms with E-state index in [9.17, 15) is 9.90 Å². The first-order chi connectivity index (χ1) is 21.5. The highest BCUT2D eigenvalue weighted by Gasteiger charge is 2.28. The van der Waals surface area contributed by atoms with Crippen LogP contribution in [-0.4, -0.2) is 42.4 Å². The highest BCUT2D eigenvalue weighted by Crippen LogP contribution is 2.46. The van der Waals surface area contributed by atoms with Crippen LogP contribution in [0, 0.1) is 11.7 Å². The van der Waals surface area contributed by atoms with E-state index in [0.29, 0.717) is 53.9 Å². The highest BCUT2D eigenvalue weighted by molar-refractivity contribution is 6.03. The van der Waals surface area contributed by atoms with Crippen LogP contribution in [0.3, 0.4) is 0 Å². The summed E-state index contributed by atoms with van der Waals surface area (Å²) in [4.78, 5) is 17.2. The summed E-state index contributed by atoms with van der Waals surface area (Å²) >= 11 is 0. The molecule has 224 valence electrons. The number of nitrogens with one attached hydrogen (secondary N) is 2. The first kappa shape index (κ1) is 28.0. The third-order valence-electron chi connectivity index (χ3n) is 8.46. The predicted octanol–water partition coefficient (Wildman–Crippen LogP) is 6.66. The van der Waals surface area contributed by atoms with Gasteiger partial charge in [0.2, 0.25) is 0 Å². The number of aromatic amines is 1. The lowest BCUT2D eigenvalue weighted by atomic mass is 9.90. The molecule has 1 unspecified atom stereocenters. The van der Waals surface area contributed by atoms with E-state index in [4.69, 9.17) is 14.2 Å². The Balaban J connectivity index is 1.26. The van der Waals surface area contributed by atoms with Gasteiger partial charge in [-0.25, -0.2) is 4.39 Å². The van der Waals surface area contributed by atoms with Gasteiger partial charge >= 0.3 is 0 Å². The molecule has 7 rings (SSSR count). The molecule has 2 heterocycles. The second-order valence-corrected chi connectivity index (χ2v) is 11.5. The summed E-state index contributed by atoms with van der Waals surface area (Å²) < 4.78 is 33.1. The average Bonchev–Trinajstić information content (AvgIpc) is 3.80. The fraction of sp³-hybridized carbons (Fsp3) is 0.250. The molecule has 7 nitrogen and oxygen atoms in total. The maximum absolute atomic E-state index is 15.1. The van der Waals surface area contributed by atoms with E-state index in [1.165, 1.54) is 18.9 Å². The number of hydrogen-bond acceptors (Lipinski definition) is 5. The number of benzene rings is 4. The number of carbonyl (C=O) groups is 1. The molecule has 1 aliphatic heterocycles. The monoisotopic (exact) mass is 592 g/mol. The van der Waals surface area contributed by atoms with Crippen LogP contribution in [0.25, 0.3) is 33.2 Å². The smallest absolute Gasteiger partial charge is 0.252 e. The largest absolute Gasteiger partial charge is 0.493 e. The van der Waals surface area contributed by atoms with Crippen molar-refractivity contribution in [3.05, 3.63) is 102 Å². The van der Waals surface area contributed by atoms with Gasteiger partial charge in [-0.3, -0.25) is 4.79 Å². The summed E-state index contributed by atoms with van der Waals surface area (Å²) in [7, 11) is 1.61. The molecule has 1 atom stereocenters. The lowest BCUT2D eigenvalue weighted by Gasteiger charge is -2.25. The quantitative estimate of drug-likeness (QED) is 0.169. The number of rotatable bonds is 10. The third kappa shape index (κ3) is 5.37. The van der Waals surface area contributed by atoms with Crippen molar-refractivity contribution in [1.29, 1.82) is 0 Å². The number of methoxy groups -OCH3 is 1. The van der Waals surface area contributed by atoms with Crippen LogP contribution in [0.1, 0.15) is 34.3 Å². The first-order valence-electron chi connectivity index (χ1n) is 14.9. The molecule has 2 aliphatic rings. The molecule has 1 aromatic heterocycles. The number of ether oxygens (including phenoxy) is 3. The van der Waals surface area contributed by atoms with Crippen molar-refractivity contribution in [1.82, 2.24) is 10.3 Å². The van der Waals surface area contributed by atoms with Crippen LogP contribution in [0.15, 0.2) is 79.0 Å². The first-order valence-corrected chi connectivity index (χ1v) is 14.9. The second-order valence-electron chi connectivity index (χ2n) is 11.5. The minimum atomic E-state index is -0.569. The standard InChI is InChI=1S/C36H33FN2O5/c1-42-34-15-27-23(13-35(34)43-19-21-10-11-21)20-44-33-16-28(26-7-2-4-8-31(26)37)30(14-29(27)33)36(41)39-24(18-40)12-22-17-38-32-9-5-3-6-25(22)32/h2-9,13-17,21,24,38,40H,10-12,18-20H2,1H3,(H,39,41). The van der Waals surface area contributed by atoms with Gasteiger partial charge in [-0.1, -0.05) is 36.4 Å². The van der Waals surface area contributed by atoms with Gasteiger partial charge in [0.1, 0.15) is 18.2 Å². The van der Waals surface area contributed by atoms with Gasteiger partial charge in [-0.05, 0) is 72.7 Å². The lowest BCUT2D eigenvalue weighted by Crippen LogP contribution is -2.39. The van der Waals surface area contributed by atoms with E-state index in [0.717, 1.165) is 27.6 Å². The van der Waals surface area contributed by atoms with Crippen LogP contribution >= 0.6 is 0 Å². The van der Waals surface area contributed by atoms with Crippen molar-refractivity contribution in [3.63, 3.8) is 0 Å². The van der Waals surface area contributed by atoms with Crippen molar-refractivity contribution < 1.29 is 28.5 Å². The number of hydrogen-bond donors (Lipinski definition) is 3. The van der Waals surface area contributed by atoms with Crippen molar-refractivity contribution >= 4 is 16.8 Å². The molecule has 8 heteroatoms. The molecule has 0 spiro atoms. The van der Waals surface area contributed by atoms with Gasteiger partial charge in [0.15, 0.2) is 11.5 Å². The molecule has 1 amide bonds. The molecule has 5 aromatic rings. The van der Waals surface area contributed by atoms with E-state index in [1.807, 2.05) is 42.6 Å². The van der Waals surface area contributed by atoms with Gasteiger partial charge < -0.3 is 29.6 Å². The van der Waals surface area contributed by atoms with Gasteiger partial charge in [-0.2, -0.15) is 0 Å². The minimum Gasteiger partial charge on any atom is -0.493 e. The molecule has 1 aliphatic carbocycles. The Morgan fingerprint density at radius 3 is 2.64 bits per heavy atom. The van der Waals surface area contributed by atoms with Crippen molar-refractivity contribution in [2.24, 2.45) is 5.92 Å². The summed E-state index contributed by atoms with van der Waals surface area (Å²) in [5, 5.41) is 14.3. The van der Waals surface area contributed by atoms with Crippen LogP contribution in [0.2, 0.25) is 0 Å². The van der Waals surface area contributed by atoms with E-state index in [-0.39, 0.29) is 17.7 Å². The van der Waals surface area contributed by atoms with Crippen LogP contribution in [-0.2, 0) is 13.0 Å². The number of halogens is 1. The highest BCUT2D eigenvalue weighted by atomic mass is 19.1. The zero-order valence-corrected chi connectivity index (χ0v) is 24.4. The fourth-order valence-corrected chi connectivity index (χ4v) is 5.88. The Kier molecular flexibility index (Phi) is 7.44. The zero-order chi connectivity index (χ0) is 30.2. The summed E-state index contributed by atoms with van der Waals surface area (Å²) in [6.45, 7) is 0.678. The minimum absolute atomic E-state index is 0.266. The molecule has 0 bridgehead atoms. The van der Waals surface area contributed by atoms with Crippen LogP contribution < -0.4 is 19.5 Å². The van der Waals surface area contributed by atoms with Crippen molar-refractivity contribution in [2.75, 3.05) is 20.3 Å². The summed E-state index contributed by atoms with van der Waals surface area (Å²) in [5.41, 5.74) is 5.38. The number of para-hydroxylation sites is 1. The normalized spacial score (nSPS) is 14.3. The number of fused-ring (bicyclic) bond motifs is 4. The molecule has 1 saturated carbocycles. The summed E-state index contributed by atoms with van der Waals surface area (Å²) in [5.74, 6) is 1.51. The van der Waals surface area contributed by atoms with E-state index in [1.54, 1.807) is 37.4 Å². The van der Waals surface area contributed by atoms with Crippen LogP contribution in [0.5, 0.6) is 17.2 Å². The van der Waals surface area contributed by atoms with Gasteiger partial charge in [-0.15, -0.1) is 0 Å². The SMILES string of the molecule is COc1cc2c(cc1OCC1CC1)COc1cc(-c3ccccc3F)c(C(=O)NC(CO)Cc3c[nH]c4ccccc34)cc1-2. The topological polar surface area (TPSA) is 92.8 Å². The third-order valence-corrected chi connectivity index (χ3v) is 8.46. The van der Waals surface area contributed by atoms with Crippen molar-refractivity contribution in [2.45, 2.75) is 31.9 Å². The summed E-state index contributed by atoms with van der Waals surface area (Å²) in [6.07, 6.45) is 4.67. The number of H-pyrrole nitrogens is 1. The Labute approximate surface area is 254 Å². The Bertz CT molecular complexity index is 1860. The predicted molar refractivity (Wildman–Crippen MR) is 167 cm³/mol. The molecule has 0 saturated heterocycles. The lowest BCUT2D eigenvalue weighted by molar-refractivity contribution is 0.0917. The van der Waals surface area contributed by atoms with Gasteiger partial charge in [0.25, 0.3) is 5.91 Å². The molecule has 1 fully saturated rings. The Morgan fingerprint density at radius 2 is 1.84 bits per heavy atom. The Hall–Kier alpha value is -4.82. The zero-order valence-electron chi connectivity index (χ0n) is 24.4. The van der Waals surface area contributed by atoms with Crippen molar-refractivity contribution in [3.8, 4) is 39.5 Å². The van der Waals surface area contributed by atoms with Gasteiger partial charge in [0.05, 0.1) is 26.4 Å². The van der Waals surface area contributed by atoms with Crippen LogP contribution in [0.4, 0.5) is 4.39 Å². The van der Waals surface area contributed by atoms with E-state index in [2.05, 4.69) is 10.3 Å². The molecule has 44 heavy (non-hydrogen) atoms. The molecule has 3 N–H and O–H groups in total. The Morgan fingerprint density at radius 1 is 1.02 bits per heavy atom. The van der Waals surface area contributed by atoms with E-state index >= 15 is 4.39 Å². The molecular weight excluding hydrogens is 559 g/mol. The van der Waals surface area contributed by atoms with E-state index < -0.39 is 17.8 Å². The number of carbonyl (C=O) groups excluding carboxylic acids is 1. The molecule has 0 radical (unpaired) electrons. The van der Waals surface area contributed by atoms with Gasteiger partial charge in [0, 0.05) is 44.9 Å². The molecular formula is C36H33FN2O5. The average molecular weight is 593 g/mol. The maximum Gasteiger partial charge on any atom is 0.252 e. The number of aromatic nitrogens is 1. The summed E-state index contributed by atoms with van der Waals surface area (Å²) in [6, 6.07) is 21.0. The number of aliphatic hydroxyl groups excluding tert-OH is 1. The molecule has 4 aromatic carbocycles. The maximum atomic E-state index is 15.1. The second kappa shape index (κ2) is 11.7. The number of aliphatic hydroxyl groups is 1.